The number of hydrogen-bond donors (Lipinski definition) is 0. The van der Waals surface area contributed by atoms with E-state index in [1.165, 1.54) is 16.7 Å². The summed E-state index contributed by atoms with van der Waals surface area (Å²) in [6.45, 7) is 18.7. The molecule has 0 aromatic heterocycles. The van der Waals surface area contributed by atoms with Gasteiger partial charge >= 0.3 is 0 Å². The molecule has 1 aliphatic carbocycles. The van der Waals surface area contributed by atoms with Crippen molar-refractivity contribution in [2.45, 2.75) is 60.2 Å². The minimum atomic E-state index is -0.457. The van der Waals surface area contributed by atoms with E-state index < -0.39 is 5.79 Å². The van der Waals surface area contributed by atoms with Crippen LogP contribution in [0.2, 0.25) is 0 Å². The van der Waals surface area contributed by atoms with Crippen LogP contribution in [-0.4, -0.2) is 19.0 Å². The molecule has 0 bridgehead atoms. The minimum Gasteiger partial charge on any atom is -0.350 e. The van der Waals surface area contributed by atoms with E-state index in [0.29, 0.717) is 0 Å². The Morgan fingerprint density at radius 2 is 1.67 bits per heavy atom. The molecule has 0 unspecified atom stereocenters. The number of hydrogen-bond acceptors (Lipinski definition) is 2. The highest BCUT2D eigenvalue weighted by Crippen LogP contribution is 2.50. The van der Waals surface area contributed by atoms with E-state index >= 15 is 0 Å². The van der Waals surface area contributed by atoms with Gasteiger partial charge in [0.1, 0.15) is 0 Å². The summed E-state index contributed by atoms with van der Waals surface area (Å²) in [5.74, 6) is -0.457. The molecule has 1 saturated heterocycles. The summed E-state index contributed by atoms with van der Waals surface area (Å²) < 4.78 is 11.9. The summed E-state index contributed by atoms with van der Waals surface area (Å²) >= 11 is 0. The van der Waals surface area contributed by atoms with E-state index in [1.807, 2.05) is 13.8 Å². The molecule has 0 radical (unpaired) electrons. The molecule has 1 heterocycles. The van der Waals surface area contributed by atoms with Crippen molar-refractivity contribution in [1.82, 2.24) is 0 Å². The Morgan fingerprint density at radius 1 is 1.10 bits per heavy atom. The second kappa shape index (κ2) is 5.40. The van der Waals surface area contributed by atoms with Gasteiger partial charge in [0.05, 0.1) is 13.2 Å². The summed E-state index contributed by atoms with van der Waals surface area (Å²) in [5, 5.41) is 0. The molecular formula is C19H30O2. The molecule has 2 heteroatoms. The summed E-state index contributed by atoms with van der Waals surface area (Å²) in [5.41, 5.74) is 4.22. The van der Waals surface area contributed by atoms with Crippen molar-refractivity contribution in [3.63, 3.8) is 0 Å². The van der Waals surface area contributed by atoms with Crippen LogP contribution in [0.15, 0.2) is 35.5 Å². The third-order valence-electron chi connectivity index (χ3n) is 4.54. The summed E-state index contributed by atoms with van der Waals surface area (Å²) in [4.78, 5) is 0. The van der Waals surface area contributed by atoms with E-state index in [4.69, 9.17) is 9.47 Å². The zero-order valence-electron chi connectivity index (χ0n) is 14.5. The quantitative estimate of drug-likeness (QED) is 0.674. The SMILES string of the molecule is C=C1CC2(COC(C)(C)OC2)CC(C(C)(C)C)=C1/C=C\C. The Bertz CT molecular complexity index is 476. The Labute approximate surface area is 129 Å². The number of allylic oxidation sites excluding steroid dienone is 5. The molecule has 0 aromatic carbocycles. The van der Waals surface area contributed by atoms with Crippen LogP contribution >= 0.6 is 0 Å². The second-order valence-electron chi connectivity index (χ2n) is 8.08. The van der Waals surface area contributed by atoms with Crippen molar-refractivity contribution in [3.8, 4) is 0 Å². The summed E-state index contributed by atoms with van der Waals surface area (Å²) in [6, 6.07) is 0. The zero-order chi connectivity index (χ0) is 15.9. The Balaban J connectivity index is 2.36. The van der Waals surface area contributed by atoms with Crippen molar-refractivity contribution in [2.75, 3.05) is 13.2 Å². The molecule has 0 aromatic rings. The van der Waals surface area contributed by atoms with Crippen LogP contribution in [0.1, 0.15) is 54.4 Å². The molecule has 2 rings (SSSR count). The molecule has 2 nitrogen and oxygen atoms in total. The maximum absolute atomic E-state index is 5.96. The lowest BCUT2D eigenvalue weighted by atomic mass is 9.64. The highest BCUT2D eigenvalue weighted by atomic mass is 16.7. The molecular weight excluding hydrogens is 260 g/mol. The Morgan fingerprint density at radius 3 is 2.14 bits per heavy atom. The highest BCUT2D eigenvalue weighted by molar-refractivity contribution is 5.47. The van der Waals surface area contributed by atoms with Gasteiger partial charge < -0.3 is 9.47 Å². The van der Waals surface area contributed by atoms with Gasteiger partial charge in [0.15, 0.2) is 5.79 Å². The predicted molar refractivity (Wildman–Crippen MR) is 88.1 cm³/mol. The second-order valence-corrected chi connectivity index (χ2v) is 8.08. The van der Waals surface area contributed by atoms with Crippen LogP contribution in [0, 0.1) is 10.8 Å². The Hall–Kier alpha value is -0.860. The first-order valence-electron chi connectivity index (χ1n) is 7.91. The molecule has 2 aliphatic rings. The van der Waals surface area contributed by atoms with Crippen LogP contribution in [-0.2, 0) is 9.47 Å². The minimum absolute atomic E-state index is 0.0559. The van der Waals surface area contributed by atoms with Crippen molar-refractivity contribution < 1.29 is 9.47 Å². The average molecular weight is 290 g/mol. The van der Waals surface area contributed by atoms with Crippen molar-refractivity contribution in [2.24, 2.45) is 10.8 Å². The monoisotopic (exact) mass is 290 g/mol. The van der Waals surface area contributed by atoms with Gasteiger partial charge in [-0.25, -0.2) is 0 Å². The molecule has 0 N–H and O–H groups in total. The maximum atomic E-state index is 5.96. The van der Waals surface area contributed by atoms with Crippen LogP contribution in [0.25, 0.3) is 0 Å². The van der Waals surface area contributed by atoms with Crippen LogP contribution in [0.3, 0.4) is 0 Å². The van der Waals surface area contributed by atoms with E-state index in [9.17, 15) is 0 Å². The number of rotatable bonds is 1. The smallest absolute Gasteiger partial charge is 0.162 e. The van der Waals surface area contributed by atoms with E-state index in [2.05, 4.69) is 46.4 Å². The summed E-state index contributed by atoms with van der Waals surface area (Å²) in [6.07, 6.45) is 6.32. The fraction of sp³-hybridized carbons (Fsp3) is 0.684. The molecule has 21 heavy (non-hydrogen) atoms. The first-order chi connectivity index (χ1) is 9.59. The largest absolute Gasteiger partial charge is 0.350 e. The topological polar surface area (TPSA) is 18.5 Å². The third kappa shape index (κ3) is 3.49. The van der Waals surface area contributed by atoms with Crippen molar-refractivity contribution in [1.29, 1.82) is 0 Å². The lowest BCUT2D eigenvalue weighted by molar-refractivity contribution is -0.285. The molecule has 1 spiro atoms. The highest BCUT2D eigenvalue weighted by Gasteiger charge is 2.45. The van der Waals surface area contributed by atoms with Gasteiger partial charge in [0, 0.05) is 5.41 Å². The first kappa shape index (κ1) is 16.5. The van der Waals surface area contributed by atoms with Gasteiger partial charge in [0.2, 0.25) is 0 Å². The molecule has 0 amide bonds. The van der Waals surface area contributed by atoms with Crippen LogP contribution in [0.5, 0.6) is 0 Å². The molecule has 1 fully saturated rings. The normalized spacial score (nSPS) is 25.9. The lowest BCUT2D eigenvalue weighted by Gasteiger charge is -2.48. The first-order valence-corrected chi connectivity index (χ1v) is 7.91. The summed E-state index contributed by atoms with van der Waals surface area (Å²) in [7, 11) is 0. The fourth-order valence-electron chi connectivity index (χ4n) is 3.29. The van der Waals surface area contributed by atoms with E-state index in [-0.39, 0.29) is 10.8 Å². The van der Waals surface area contributed by atoms with Gasteiger partial charge in [-0.2, -0.15) is 0 Å². The maximum Gasteiger partial charge on any atom is 0.162 e. The molecule has 0 saturated carbocycles. The number of ether oxygens (including phenoxy) is 2. The predicted octanol–water partition coefficient (Wildman–Crippen LogP) is 5.02. The van der Waals surface area contributed by atoms with Gasteiger partial charge in [-0.05, 0) is 50.2 Å². The van der Waals surface area contributed by atoms with E-state index in [1.54, 1.807) is 0 Å². The van der Waals surface area contributed by atoms with Gasteiger partial charge in [0.25, 0.3) is 0 Å². The third-order valence-corrected chi connectivity index (χ3v) is 4.54. The van der Waals surface area contributed by atoms with Gasteiger partial charge in [-0.1, -0.05) is 45.1 Å². The van der Waals surface area contributed by atoms with E-state index in [0.717, 1.165) is 26.1 Å². The Kier molecular flexibility index (Phi) is 4.25. The fourth-order valence-corrected chi connectivity index (χ4v) is 3.29. The van der Waals surface area contributed by atoms with Gasteiger partial charge in [-0.3, -0.25) is 0 Å². The molecule has 1 aliphatic heterocycles. The molecule has 118 valence electrons. The standard InChI is InChI=1S/C19H30O2/c1-8-9-15-14(2)10-19(11-16(15)17(3,4)5)12-20-18(6,7)21-13-19/h8-9H,2,10-13H2,1,3-7H3/b9-8-. The average Bonchev–Trinajstić information content (AvgIpc) is 2.36. The van der Waals surface area contributed by atoms with Crippen LogP contribution < -0.4 is 0 Å². The van der Waals surface area contributed by atoms with Crippen molar-refractivity contribution in [3.05, 3.63) is 35.5 Å². The zero-order valence-corrected chi connectivity index (χ0v) is 14.5. The van der Waals surface area contributed by atoms with Crippen LogP contribution in [0.4, 0.5) is 0 Å². The van der Waals surface area contributed by atoms with Crippen molar-refractivity contribution >= 4 is 0 Å². The lowest BCUT2D eigenvalue weighted by Crippen LogP contribution is -2.48. The molecule has 0 atom stereocenters. The van der Waals surface area contributed by atoms with Gasteiger partial charge in [-0.15, -0.1) is 0 Å².